The molecule has 1 aromatic rings. The molecule has 0 aromatic heterocycles. The van der Waals surface area contributed by atoms with E-state index in [1.165, 1.54) is 25.3 Å². The van der Waals surface area contributed by atoms with Gasteiger partial charge in [0.25, 0.3) is 10.2 Å². The number of ether oxygens (including phenoxy) is 1. The van der Waals surface area contributed by atoms with Crippen molar-refractivity contribution >= 4 is 16.1 Å². The Bertz CT molecular complexity index is 824. The van der Waals surface area contributed by atoms with Gasteiger partial charge in [0, 0.05) is 45.7 Å². The summed E-state index contributed by atoms with van der Waals surface area (Å²) in [5.41, 5.74) is 3.63. The highest BCUT2D eigenvalue weighted by atomic mass is 32.2. The average Bonchev–Trinajstić information content (AvgIpc) is 2.66. The first kappa shape index (κ1) is 22.2. The summed E-state index contributed by atoms with van der Waals surface area (Å²) in [6, 6.07) is 6.30. The number of benzene rings is 1. The van der Waals surface area contributed by atoms with Gasteiger partial charge >= 0.3 is 0 Å². The maximum Gasteiger partial charge on any atom is 0.282 e. The molecule has 1 amide bonds. The minimum Gasteiger partial charge on any atom is -0.373 e. The number of piperazine rings is 1. The first-order valence-electron chi connectivity index (χ1n) is 10.4. The summed E-state index contributed by atoms with van der Waals surface area (Å²) in [5, 5.41) is 0. The van der Waals surface area contributed by atoms with E-state index in [2.05, 4.69) is 32.0 Å². The van der Waals surface area contributed by atoms with E-state index in [0.29, 0.717) is 52.1 Å². The van der Waals surface area contributed by atoms with Crippen molar-refractivity contribution in [3.63, 3.8) is 0 Å². The third-order valence-electron chi connectivity index (χ3n) is 5.74. The number of amides is 1. The van der Waals surface area contributed by atoms with Crippen molar-refractivity contribution in [1.29, 1.82) is 0 Å². The van der Waals surface area contributed by atoms with Crippen molar-refractivity contribution in [2.24, 2.45) is 0 Å². The smallest absolute Gasteiger partial charge is 0.282 e. The number of carbonyl (C=O) groups is 1. The normalized spacial score (nSPS) is 24.6. The van der Waals surface area contributed by atoms with Gasteiger partial charge in [-0.2, -0.15) is 17.0 Å². The summed E-state index contributed by atoms with van der Waals surface area (Å²) in [5.74, 6) is 0.0932. The Kier molecular flexibility index (Phi) is 6.98. The second-order valence-corrected chi connectivity index (χ2v) is 10.2. The molecule has 0 spiro atoms. The first-order chi connectivity index (χ1) is 13.7. The molecule has 0 bridgehead atoms. The van der Waals surface area contributed by atoms with Crippen LogP contribution in [-0.2, 0) is 26.2 Å². The molecule has 2 heterocycles. The number of nitrogens with zero attached hydrogens (tertiary/aromatic N) is 3. The van der Waals surface area contributed by atoms with E-state index in [1.807, 2.05) is 13.8 Å². The van der Waals surface area contributed by atoms with Crippen LogP contribution in [0.5, 0.6) is 0 Å². The van der Waals surface area contributed by atoms with E-state index in [0.717, 1.165) is 0 Å². The van der Waals surface area contributed by atoms with Crippen LogP contribution in [0.1, 0.15) is 37.0 Å². The molecule has 1 aromatic carbocycles. The van der Waals surface area contributed by atoms with Gasteiger partial charge in [-0.15, -0.1) is 0 Å². The standard InChI is InChI=1S/C21H33N3O4S/c1-16-5-6-20(17(2)13-16)7-8-21(25)22-9-11-23(12-10-22)29(26,27)24-14-18(3)28-19(4)15-24/h5-6,13,18-19H,7-12,14-15H2,1-4H3. The van der Waals surface area contributed by atoms with Crippen molar-refractivity contribution < 1.29 is 17.9 Å². The second kappa shape index (κ2) is 9.12. The van der Waals surface area contributed by atoms with Crippen molar-refractivity contribution in [3.05, 3.63) is 34.9 Å². The number of morpholine rings is 1. The zero-order valence-corrected chi connectivity index (χ0v) is 18.7. The van der Waals surface area contributed by atoms with E-state index in [9.17, 15) is 13.2 Å². The zero-order chi connectivity index (χ0) is 21.2. The predicted octanol–water partition coefficient (Wildman–Crippen LogP) is 1.73. The summed E-state index contributed by atoms with van der Waals surface area (Å²) < 4.78 is 34.6. The maximum atomic E-state index is 13.0. The molecule has 7 nitrogen and oxygen atoms in total. The van der Waals surface area contributed by atoms with Crippen LogP contribution in [0.25, 0.3) is 0 Å². The van der Waals surface area contributed by atoms with Crippen molar-refractivity contribution in [2.75, 3.05) is 39.3 Å². The van der Waals surface area contributed by atoms with Gasteiger partial charge in [-0.25, -0.2) is 0 Å². The maximum absolute atomic E-state index is 13.0. The van der Waals surface area contributed by atoms with E-state index in [4.69, 9.17) is 4.74 Å². The molecule has 2 aliphatic heterocycles. The van der Waals surface area contributed by atoms with Gasteiger partial charge in [0.15, 0.2) is 0 Å². The molecule has 0 saturated carbocycles. The van der Waals surface area contributed by atoms with Crippen LogP contribution in [0.4, 0.5) is 0 Å². The van der Waals surface area contributed by atoms with Crippen molar-refractivity contribution in [3.8, 4) is 0 Å². The van der Waals surface area contributed by atoms with Crippen LogP contribution in [0, 0.1) is 13.8 Å². The molecule has 2 saturated heterocycles. The Balaban J connectivity index is 1.52. The number of hydrogen-bond donors (Lipinski definition) is 0. The minimum atomic E-state index is -3.52. The van der Waals surface area contributed by atoms with Crippen LogP contribution >= 0.6 is 0 Å². The third-order valence-corrected chi connectivity index (χ3v) is 7.70. The van der Waals surface area contributed by atoms with Gasteiger partial charge in [0.2, 0.25) is 5.91 Å². The number of aryl methyl sites for hydroxylation is 3. The molecule has 29 heavy (non-hydrogen) atoms. The Morgan fingerprint density at radius 1 is 1.03 bits per heavy atom. The van der Waals surface area contributed by atoms with Gasteiger partial charge in [-0.3, -0.25) is 4.79 Å². The lowest BCUT2D eigenvalue weighted by Gasteiger charge is -2.40. The second-order valence-electron chi connectivity index (χ2n) is 8.29. The van der Waals surface area contributed by atoms with Gasteiger partial charge in [-0.1, -0.05) is 23.8 Å². The predicted molar refractivity (Wildman–Crippen MR) is 113 cm³/mol. The first-order valence-corrected chi connectivity index (χ1v) is 11.8. The highest BCUT2D eigenvalue weighted by Crippen LogP contribution is 2.19. The monoisotopic (exact) mass is 423 g/mol. The lowest BCUT2D eigenvalue weighted by molar-refractivity contribution is -0.132. The van der Waals surface area contributed by atoms with E-state index in [1.54, 1.807) is 4.90 Å². The number of rotatable bonds is 5. The van der Waals surface area contributed by atoms with E-state index < -0.39 is 10.2 Å². The highest BCUT2D eigenvalue weighted by Gasteiger charge is 2.37. The quantitative estimate of drug-likeness (QED) is 0.723. The Morgan fingerprint density at radius 2 is 1.66 bits per heavy atom. The summed E-state index contributed by atoms with van der Waals surface area (Å²) in [4.78, 5) is 14.4. The Hall–Kier alpha value is -1.48. The molecule has 0 N–H and O–H groups in total. The molecule has 2 unspecified atom stereocenters. The molecule has 3 rings (SSSR count). The van der Waals surface area contributed by atoms with Crippen LogP contribution < -0.4 is 0 Å². The fourth-order valence-electron chi connectivity index (χ4n) is 4.18. The van der Waals surface area contributed by atoms with Crippen LogP contribution in [0.2, 0.25) is 0 Å². The van der Waals surface area contributed by atoms with E-state index >= 15 is 0 Å². The van der Waals surface area contributed by atoms with Gasteiger partial charge in [0.05, 0.1) is 12.2 Å². The molecular weight excluding hydrogens is 390 g/mol. The third kappa shape index (κ3) is 5.36. The summed E-state index contributed by atoms with van der Waals surface area (Å²) in [7, 11) is -3.52. The topological polar surface area (TPSA) is 70.2 Å². The van der Waals surface area contributed by atoms with Gasteiger partial charge in [0.1, 0.15) is 0 Å². The van der Waals surface area contributed by atoms with Crippen molar-refractivity contribution in [1.82, 2.24) is 13.5 Å². The SMILES string of the molecule is Cc1ccc(CCC(=O)N2CCN(S(=O)(=O)N3CC(C)OC(C)C3)CC2)c(C)c1. The van der Waals surface area contributed by atoms with Gasteiger partial charge in [-0.05, 0) is 45.2 Å². The Morgan fingerprint density at radius 3 is 2.24 bits per heavy atom. The summed E-state index contributed by atoms with van der Waals surface area (Å²) in [6.07, 6.45) is 0.950. The molecule has 0 aliphatic carbocycles. The molecule has 162 valence electrons. The molecule has 8 heteroatoms. The van der Waals surface area contributed by atoms with Gasteiger partial charge < -0.3 is 9.64 Å². The largest absolute Gasteiger partial charge is 0.373 e. The minimum absolute atomic E-state index is 0.0932. The average molecular weight is 424 g/mol. The van der Waals surface area contributed by atoms with Crippen molar-refractivity contribution in [2.45, 2.75) is 52.7 Å². The molecule has 0 radical (unpaired) electrons. The summed E-state index contributed by atoms with van der Waals surface area (Å²) in [6.45, 7) is 10.3. The highest BCUT2D eigenvalue weighted by molar-refractivity contribution is 7.86. The number of hydrogen-bond acceptors (Lipinski definition) is 4. The molecular formula is C21H33N3O4S. The molecule has 2 fully saturated rings. The summed E-state index contributed by atoms with van der Waals surface area (Å²) >= 11 is 0. The molecule has 2 atom stereocenters. The zero-order valence-electron chi connectivity index (χ0n) is 17.9. The van der Waals surface area contributed by atoms with E-state index in [-0.39, 0.29) is 18.1 Å². The number of carbonyl (C=O) groups excluding carboxylic acids is 1. The lowest BCUT2D eigenvalue weighted by Crippen LogP contribution is -2.57. The van der Waals surface area contributed by atoms with Crippen LogP contribution in [0.3, 0.4) is 0 Å². The Labute approximate surface area is 174 Å². The fourth-order valence-corrected chi connectivity index (χ4v) is 5.92. The molecule has 2 aliphatic rings. The van der Waals surface area contributed by atoms with Crippen LogP contribution in [0.15, 0.2) is 18.2 Å². The fraction of sp³-hybridized carbons (Fsp3) is 0.667. The van der Waals surface area contributed by atoms with Crippen LogP contribution in [-0.4, -0.2) is 79.3 Å². The lowest BCUT2D eigenvalue weighted by atomic mass is 10.0.